The van der Waals surface area contributed by atoms with Crippen LogP contribution in [0.15, 0.2) is 39.3 Å². The van der Waals surface area contributed by atoms with Crippen LogP contribution in [-0.2, 0) is 17.8 Å². The second-order valence-corrected chi connectivity index (χ2v) is 7.96. The maximum Gasteiger partial charge on any atom is 0.405 e. The Bertz CT molecular complexity index is 834. The van der Waals surface area contributed by atoms with E-state index in [-0.39, 0.29) is 13.0 Å². The average Bonchev–Trinajstić information content (AvgIpc) is 2.56. The molecule has 2 aromatic carbocycles. The summed E-state index contributed by atoms with van der Waals surface area (Å²) in [5.74, 6) is -0.340. The zero-order valence-electron chi connectivity index (χ0n) is 14.9. The number of aliphatic carboxylic acids is 1. The Labute approximate surface area is 177 Å². The molecular formula is C19H18Br2F3NO3. The molecule has 0 spiro atoms. The van der Waals surface area contributed by atoms with Gasteiger partial charge >= 0.3 is 12.1 Å². The van der Waals surface area contributed by atoms with Crippen molar-refractivity contribution in [2.45, 2.75) is 32.5 Å². The predicted molar refractivity (Wildman–Crippen MR) is 108 cm³/mol. The topological polar surface area (TPSA) is 58.6 Å². The number of anilines is 1. The Morgan fingerprint density at radius 3 is 2.32 bits per heavy atom. The lowest BCUT2D eigenvalue weighted by atomic mass is 10.1. The minimum atomic E-state index is -4.29. The standard InChI is InChI=1S/C19H18Br2F3NO3/c1-11-4-13(6-14(5-11)25-10-19(22,23)24)9-28-18-15(20)7-12(8-16(18)21)2-3-17(26)27/h4-8,25H,2-3,9-10H2,1H3,(H,26,27). The average molecular weight is 525 g/mol. The molecule has 28 heavy (non-hydrogen) atoms. The van der Waals surface area contributed by atoms with Crippen LogP contribution in [0.2, 0.25) is 0 Å². The normalized spacial score (nSPS) is 11.4. The van der Waals surface area contributed by atoms with E-state index < -0.39 is 18.7 Å². The molecule has 0 amide bonds. The molecule has 2 N–H and O–H groups in total. The second kappa shape index (κ2) is 9.65. The lowest BCUT2D eigenvalue weighted by Crippen LogP contribution is -2.21. The van der Waals surface area contributed by atoms with Crippen molar-refractivity contribution in [1.82, 2.24) is 0 Å². The van der Waals surface area contributed by atoms with Crippen LogP contribution in [-0.4, -0.2) is 23.8 Å². The summed E-state index contributed by atoms with van der Waals surface area (Å²) in [7, 11) is 0. The number of carboxylic acid groups (broad SMARTS) is 1. The predicted octanol–water partition coefficient (Wildman–Crippen LogP) is 6.09. The highest BCUT2D eigenvalue weighted by Gasteiger charge is 2.26. The Morgan fingerprint density at radius 1 is 1.11 bits per heavy atom. The molecule has 2 rings (SSSR count). The highest BCUT2D eigenvalue weighted by atomic mass is 79.9. The quantitative estimate of drug-likeness (QED) is 0.438. The van der Waals surface area contributed by atoms with E-state index in [1.807, 2.05) is 6.07 Å². The van der Waals surface area contributed by atoms with Crippen LogP contribution in [0, 0.1) is 6.92 Å². The third kappa shape index (κ3) is 7.35. The molecule has 0 radical (unpaired) electrons. The molecule has 0 aliphatic heterocycles. The van der Waals surface area contributed by atoms with Crippen LogP contribution in [0.5, 0.6) is 5.75 Å². The van der Waals surface area contributed by atoms with Crippen molar-refractivity contribution in [1.29, 1.82) is 0 Å². The number of halogens is 5. The molecule has 0 heterocycles. The Morgan fingerprint density at radius 2 is 1.75 bits per heavy atom. The molecule has 2 aromatic rings. The molecule has 0 aliphatic rings. The van der Waals surface area contributed by atoms with E-state index in [0.717, 1.165) is 16.7 Å². The summed E-state index contributed by atoms with van der Waals surface area (Å²) in [4.78, 5) is 10.7. The van der Waals surface area contributed by atoms with Crippen LogP contribution < -0.4 is 10.1 Å². The molecule has 4 nitrogen and oxygen atoms in total. The number of aryl methyl sites for hydroxylation is 2. The van der Waals surface area contributed by atoms with E-state index in [2.05, 4.69) is 37.2 Å². The van der Waals surface area contributed by atoms with Gasteiger partial charge in [-0.3, -0.25) is 4.79 Å². The summed E-state index contributed by atoms with van der Waals surface area (Å²) in [6.45, 7) is 0.852. The first-order chi connectivity index (χ1) is 13.0. The minimum absolute atomic E-state index is 0.0239. The summed E-state index contributed by atoms with van der Waals surface area (Å²) in [6.07, 6.45) is -3.88. The molecule has 0 saturated heterocycles. The largest absolute Gasteiger partial charge is 0.487 e. The number of carbonyl (C=O) groups is 1. The highest BCUT2D eigenvalue weighted by molar-refractivity contribution is 9.11. The molecule has 0 bridgehead atoms. The fourth-order valence-electron chi connectivity index (χ4n) is 2.55. The van der Waals surface area contributed by atoms with Crippen molar-refractivity contribution in [3.8, 4) is 5.75 Å². The zero-order valence-corrected chi connectivity index (χ0v) is 18.0. The van der Waals surface area contributed by atoms with Crippen LogP contribution in [0.1, 0.15) is 23.1 Å². The fourth-order valence-corrected chi connectivity index (χ4v) is 4.06. The summed E-state index contributed by atoms with van der Waals surface area (Å²) >= 11 is 6.83. The summed E-state index contributed by atoms with van der Waals surface area (Å²) < 4.78 is 44.4. The van der Waals surface area contributed by atoms with E-state index in [4.69, 9.17) is 9.84 Å². The SMILES string of the molecule is Cc1cc(COc2c(Br)cc(CCC(=O)O)cc2Br)cc(NCC(F)(F)F)c1. The van der Waals surface area contributed by atoms with Gasteiger partial charge in [-0.1, -0.05) is 6.07 Å². The maximum atomic E-state index is 12.4. The lowest BCUT2D eigenvalue weighted by Gasteiger charge is -2.14. The van der Waals surface area contributed by atoms with E-state index in [0.29, 0.717) is 26.8 Å². The number of carboxylic acids is 1. The summed E-state index contributed by atoms with van der Waals surface area (Å²) in [5.41, 5.74) is 2.74. The smallest absolute Gasteiger partial charge is 0.405 e. The van der Waals surface area contributed by atoms with Crippen molar-refractivity contribution >= 4 is 43.5 Å². The minimum Gasteiger partial charge on any atom is -0.487 e. The van der Waals surface area contributed by atoms with Gasteiger partial charge in [-0.25, -0.2) is 0 Å². The van der Waals surface area contributed by atoms with E-state index in [1.54, 1.807) is 31.2 Å². The highest BCUT2D eigenvalue weighted by Crippen LogP contribution is 2.36. The van der Waals surface area contributed by atoms with Crippen LogP contribution >= 0.6 is 31.9 Å². The first kappa shape index (κ1) is 22.5. The van der Waals surface area contributed by atoms with Gasteiger partial charge in [0.15, 0.2) is 0 Å². The van der Waals surface area contributed by atoms with Gasteiger partial charge in [-0.15, -0.1) is 0 Å². The maximum absolute atomic E-state index is 12.4. The van der Waals surface area contributed by atoms with Crippen molar-refractivity contribution in [3.63, 3.8) is 0 Å². The second-order valence-electron chi connectivity index (χ2n) is 6.25. The first-order valence-electron chi connectivity index (χ1n) is 8.27. The van der Waals surface area contributed by atoms with Crippen molar-refractivity contribution < 1.29 is 27.8 Å². The summed E-state index contributed by atoms with van der Waals surface area (Å²) in [5, 5.41) is 11.2. The van der Waals surface area contributed by atoms with E-state index >= 15 is 0 Å². The van der Waals surface area contributed by atoms with Gasteiger partial charge in [0.25, 0.3) is 0 Å². The number of alkyl halides is 3. The Hall–Kier alpha value is -1.74. The van der Waals surface area contributed by atoms with Crippen molar-refractivity contribution in [2.75, 3.05) is 11.9 Å². The lowest BCUT2D eigenvalue weighted by molar-refractivity contribution is -0.137. The molecule has 0 fully saturated rings. The van der Waals surface area contributed by atoms with Crippen LogP contribution in [0.4, 0.5) is 18.9 Å². The monoisotopic (exact) mass is 523 g/mol. The molecule has 9 heteroatoms. The van der Waals surface area contributed by atoms with Gasteiger partial charge < -0.3 is 15.2 Å². The summed E-state index contributed by atoms with van der Waals surface area (Å²) in [6, 6.07) is 8.66. The van der Waals surface area contributed by atoms with Crippen molar-refractivity contribution in [2.24, 2.45) is 0 Å². The third-order valence-corrected chi connectivity index (χ3v) is 4.88. The molecule has 0 aliphatic carbocycles. The first-order valence-corrected chi connectivity index (χ1v) is 9.86. The van der Waals surface area contributed by atoms with Gasteiger partial charge in [0.05, 0.1) is 8.95 Å². The number of nitrogens with one attached hydrogen (secondary N) is 1. The number of hydrogen-bond donors (Lipinski definition) is 2. The zero-order chi connectivity index (χ0) is 20.9. The molecular weight excluding hydrogens is 507 g/mol. The number of hydrogen-bond acceptors (Lipinski definition) is 3. The van der Waals surface area contributed by atoms with Gasteiger partial charge in [-0.05, 0) is 86.2 Å². The third-order valence-electron chi connectivity index (χ3n) is 3.70. The van der Waals surface area contributed by atoms with E-state index in [9.17, 15) is 18.0 Å². The Kier molecular flexibility index (Phi) is 7.77. The number of rotatable bonds is 8. The Balaban J connectivity index is 2.09. The van der Waals surface area contributed by atoms with Gasteiger partial charge in [-0.2, -0.15) is 13.2 Å². The van der Waals surface area contributed by atoms with Crippen molar-refractivity contribution in [3.05, 3.63) is 56.0 Å². The molecule has 0 saturated carbocycles. The van der Waals surface area contributed by atoms with Gasteiger partial charge in [0.2, 0.25) is 0 Å². The van der Waals surface area contributed by atoms with Gasteiger partial charge in [0, 0.05) is 12.1 Å². The van der Waals surface area contributed by atoms with Crippen LogP contribution in [0.3, 0.4) is 0 Å². The molecule has 0 aromatic heterocycles. The molecule has 0 atom stereocenters. The van der Waals surface area contributed by atoms with Gasteiger partial charge in [0.1, 0.15) is 18.9 Å². The number of ether oxygens (including phenoxy) is 1. The fraction of sp³-hybridized carbons (Fsp3) is 0.316. The van der Waals surface area contributed by atoms with Crippen LogP contribution in [0.25, 0.3) is 0 Å². The van der Waals surface area contributed by atoms with E-state index in [1.165, 1.54) is 0 Å². The number of benzene rings is 2. The molecule has 152 valence electrons. The molecule has 0 unspecified atom stereocenters.